The van der Waals surface area contributed by atoms with Gasteiger partial charge in [-0.3, -0.25) is 4.79 Å². The molecule has 0 bridgehead atoms. The van der Waals surface area contributed by atoms with Gasteiger partial charge >= 0.3 is 0 Å². The van der Waals surface area contributed by atoms with E-state index in [4.69, 9.17) is 9.72 Å². The Labute approximate surface area is 203 Å². The smallest absolute Gasteiger partial charge is 0.251 e. The molecular weight excluding hydrogens is 430 g/mol. The van der Waals surface area contributed by atoms with E-state index in [0.29, 0.717) is 6.42 Å². The minimum Gasteiger partial charge on any atom is -0.378 e. The van der Waals surface area contributed by atoms with Crippen molar-refractivity contribution in [1.29, 1.82) is 0 Å². The summed E-state index contributed by atoms with van der Waals surface area (Å²) in [6.07, 6.45) is 13.7. The summed E-state index contributed by atoms with van der Waals surface area (Å²) < 4.78 is 5.42. The molecule has 0 unspecified atom stereocenters. The average Bonchev–Trinajstić information content (AvgIpc) is 3.31. The van der Waals surface area contributed by atoms with Gasteiger partial charge in [0.15, 0.2) is 5.13 Å². The second kappa shape index (κ2) is 15.1. The Kier molecular flexibility index (Phi) is 11.7. The topological polar surface area (TPSA) is 54.5 Å². The molecule has 1 fully saturated rings. The first-order valence-electron chi connectivity index (χ1n) is 12.8. The molecule has 1 aliphatic rings. The van der Waals surface area contributed by atoms with Gasteiger partial charge < -0.3 is 15.0 Å². The van der Waals surface area contributed by atoms with Crippen LogP contribution in [0.1, 0.15) is 92.7 Å². The number of carbonyl (C=O) groups excluding carboxylic acids is 1. The monoisotopic (exact) mass is 470 g/mol. The summed E-state index contributed by atoms with van der Waals surface area (Å²) in [6, 6.07) is 7.89. The van der Waals surface area contributed by atoms with Crippen LogP contribution in [0.4, 0.5) is 5.13 Å². The number of nitrogens with zero attached hydrogens (tertiary/aromatic N) is 2. The number of hydrogen-bond donors (Lipinski definition) is 1. The molecule has 0 spiro atoms. The summed E-state index contributed by atoms with van der Waals surface area (Å²) in [7, 11) is 0. The predicted molar refractivity (Wildman–Crippen MR) is 137 cm³/mol. The summed E-state index contributed by atoms with van der Waals surface area (Å²) in [5.74, 6) is 0.0176. The second-order valence-electron chi connectivity index (χ2n) is 8.96. The van der Waals surface area contributed by atoms with E-state index in [1.54, 1.807) is 11.3 Å². The molecule has 1 aromatic carbocycles. The standard InChI is InChI=1S/C27H40N3O2S/c1-2-3-4-5-6-7-8-9-10-11-15-28-26(31)24-14-12-13-23(20-24)21-25-22-33-27(29-25)30-16-18-32-19-17-30/h12-14,20H,2-11,15-19,21H2,1H3,(H,28,31). The third-order valence-corrected chi connectivity index (χ3v) is 7.02. The largest absolute Gasteiger partial charge is 0.378 e. The average molecular weight is 471 g/mol. The Morgan fingerprint density at radius 1 is 1.06 bits per heavy atom. The van der Waals surface area contributed by atoms with Crippen LogP contribution in [0.2, 0.25) is 0 Å². The molecule has 1 saturated heterocycles. The van der Waals surface area contributed by atoms with Gasteiger partial charge in [-0.05, 0) is 24.1 Å². The van der Waals surface area contributed by atoms with E-state index in [2.05, 4.69) is 28.6 Å². The summed E-state index contributed by atoms with van der Waals surface area (Å²) in [5.41, 5.74) is 2.75. The van der Waals surface area contributed by atoms with Crippen molar-refractivity contribution in [2.75, 3.05) is 37.7 Å². The lowest BCUT2D eigenvalue weighted by Crippen LogP contribution is -2.36. The number of hydrogen-bond acceptors (Lipinski definition) is 5. The molecule has 2 aromatic rings. The fraction of sp³-hybridized carbons (Fsp3) is 0.630. The van der Waals surface area contributed by atoms with Gasteiger partial charge in [-0.1, -0.05) is 88.2 Å². The van der Waals surface area contributed by atoms with Crippen LogP contribution >= 0.6 is 11.3 Å². The quantitative estimate of drug-likeness (QED) is 0.323. The number of morpholine rings is 1. The molecule has 2 heterocycles. The van der Waals surface area contributed by atoms with Gasteiger partial charge in [0.1, 0.15) is 0 Å². The normalized spacial score (nSPS) is 13.9. The van der Waals surface area contributed by atoms with Crippen molar-refractivity contribution in [3.8, 4) is 0 Å². The van der Waals surface area contributed by atoms with Gasteiger partial charge in [0.25, 0.3) is 5.91 Å². The fourth-order valence-corrected chi connectivity index (χ4v) is 4.96. The molecule has 1 N–H and O–H groups in total. The van der Waals surface area contributed by atoms with Crippen molar-refractivity contribution >= 4 is 22.4 Å². The molecule has 1 amide bonds. The minimum atomic E-state index is 0.0176. The lowest BCUT2D eigenvalue weighted by atomic mass is 10.1. The number of amides is 1. The molecule has 33 heavy (non-hydrogen) atoms. The van der Waals surface area contributed by atoms with Crippen molar-refractivity contribution in [2.24, 2.45) is 0 Å². The zero-order valence-electron chi connectivity index (χ0n) is 20.2. The zero-order valence-corrected chi connectivity index (χ0v) is 21.1. The number of thiazole rings is 1. The highest BCUT2D eigenvalue weighted by Crippen LogP contribution is 2.22. The maximum atomic E-state index is 12.6. The van der Waals surface area contributed by atoms with Gasteiger partial charge in [0, 0.05) is 31.6 Å². The number of benzene rings is 1. The van der Waals surface area contributed by atoms with Crippen LogP contribution in [0, 0.1) is 5.38 Å². The van der Waals surface area contributed by atoms with Gasteiger partial charge in [-0.2, -0.15) is 0 Å². The molecule has 1 aliphatic heterocycles. The van der Waals surface area contributed by atoms with Crippen LogP contribution in [0.3, 0.4) is 0 Å². The number of aromatic nitrogens is 1. The predicted octanol–water partition coefficient (Wildman–Crippen LogP) is 6.02. The Balaban J connectivity index is 1.33. The number of rotatable bonds is 15. The molecule has 1 aromatic heterocycles. The molecule has 1 radical (unpaired) electrons. The third-order valence-electron chi connectivity index (χ3n) is 6.15. The van der Waals surface area contributed by atoms with Crippen LogP contribution in [-0.2, 0) is 11.2 Å². The van der Waals surface area contributed by atoms with E-state index in [0.717, 1.165) is 61.2 Å². The lowest BCUT2D eigenvalue weighted by molar-refractivity contribution is 0.0953. The third kappa shape index (κ3) is 9.46. The first-order chi connectivity index (χ1) is 16.3. The van der Waals surface area contributed by atoms with E-state index in [9.17, 15) is 4.79 Å². The second-order valence-corrected chi connectivity index (χ2v) is 9.73. The molecular formula is C27H40N3O2S. The molecule has 3 rings (SSSR count). The van der Waals surface area contributed by atoms with Gasteiger partial charge in [-0.15, -0.1) is 0 Å². The van der Waals surface area contributed by atoms with E-state index in [1.165, 1.54) is 57.8 Å². The first kappa shape index (κ1) is 25.7. The summed E-state index contributed by atoms with van der Waals surface area (Å²) >= 11 is 1.57. The van der Waals surface area contributed by atoms with Gasteiger partial charge in [0.2, 0.25) is 0 Å². The number of unbranched alkanes of at least 4 members (excludes halogenated alkanes) is 9. The Hall–Kier alpha value is -1.92. The van der Waals surface area contributed by atoms with E-state index in [1.807, 2.05) is 18.2 Å². The fourth-order valence-electron chi connectivity index (χ4n) is 4.16. The van der Waals surface area contributed by atoms with E-state index >= 15 is 0 Å². The molecule has 0 atom stereocenters. The molecule has 0 saturated carbocycles. The van der Waals surface area contributed by atoms with Crippen LogP contribution < -0.4 is 10.2 Å². The van der Waals surface area contributed by atoms with Crippen LogP contribution in [-0.4, -0.2) is 43.7 Å². The van der Waals surface area contributed by atoms with Crippen LogP contribution in [0.5, 0.6) is 0 Å². The highest BCUT2D eigenvalue weighted by Gasteiger charge is 2.15. The molecule has 0 aliphatic carbocycles. The summed E-state index contributed by atoms with van der Waals surface area (Å²) in [5, 5.41) is 7.42. The van der Waals surface area contributed by atoms with E-state index < -0.39 is 0 Å². The highest BCUT2D eigenvalue weighted by molar-refractivity contribution is 7.13. The summed E-state index contributed by atoms with van der Waals surface area (Å²) in [6.45, 7) is 6.29. The van der Waals surface area contributed by atoms with E-state index in [-0.39, 0.29) is 5.91 Å². The number of anilines is 1. The van der Waals surface area contributed by atoms with Crippen LogP contribution in [0.25, 0.3) is 0 Å². The highest BCUT2D eigenvalue weighted by atomic mass is 32.1. The minimum absolute atomic E-state index is 0.0176. The zero-order chi connectivity index (χ0) is 23.1. The maximum absolute atomic E-state index is 12.6. The van der Waals surface area contributed by atoms with Crippen molar-refractivity contribution < 1.29 is 9.53 Å². The maximum Gasteiger partial charge on any atom is 0.251 e. The lowest BCUT2D eigenvalue weighted by Gasteiger charge is -2.25. The molecule has 5 nitrogen and oxygen atoms in total. The van der Waals surface area contributed by atoms with Crippen molar-refractivity contribution in [1.82, 2.24) is 10.3 Å². The molecule has 181 valence electrons. The first-order valence-corrected chi connectivity index (χ1v) is 13.6. The van der Waals surface area contributed by atoms with Crippen LogP contribution in [0.15, 0.2) is 24.3 Å². The van der Waals surface area contributed by atoms with Gasteiger partial charge in [0.05, 0.1) is 24.3 Å². The number of ether oxygens (including phenoxy) is 1. The van der Waals surface area contributed by atoms with Crippen molar-refractivity contribution in [2.45, 2.75) is 77.6 Å². The van der Waals surface area contributed by atoms with Crippen molar-refractivity contribution in [3.05, 3.63) is 46.5 Å². The Morgan fingerprint density at radius 2 is 1.76 bits per heavy atom. The Bertz CT molecular complexity index is 817. The molecule has 6 heteroatoms. The Morgan fingerprint density at radius 3 is 2.48 bits per heavy atom. The SMILES string of the molecule is CCCCCCCCCCCCNC(=O)c1cccc(Cc2[c]sc(N3CCOCC3)n2)c1. The number of nitrogens with one attached hydrogen (secondary N) is 1. The van der Waals surface area contributed by atoms with Gasteiger partial charge in [-0.25, -0.2) is 4.98 Å². The van der Waals surface area contributed by atoms with Crippen molar-refractivity contribution in [3.63, 3.8) is 0 Å². The summed E-state index contributed by atoms with van der Waals surface area (Å²) in [4.78, 5) is 19.6. The number of carbonyl (C=O) groups is 1.